The lowest BCUT2D eigenvalue weighted by atomic mass is 9.83. The second kappa shape index (κ2) is 5.17. The van der Waals surface area contributed by atoms with Crippen LogP contribution in [0.15, 0.2) is 24.5 Å². The molecule has 0 aliphatic carbocycles. The molecule has 0 N–H and O–H groups in total. The highest BCUT2D eigenvalue weighted by molar-refractivity contribution is 5.88. The van der Waals surface area contributed by atoms with E-state index in [0.29, 0.717) is 0 Å². The molecule has 1 aliphatic heterocycles. The maximum absolute atomic E-state index is 13.0. The third-order valence-corrected chi connectivity index (χ3v) is 4.11. The average Bonchev–Trinajstić information content (AvgIpc) is 2.84. The van der Waals surface area contributed by atoms with Crippen molar-refractivity contribution in [2.45, 2.75) is 44.7 Å². The maximum Gasteiger partial charge on any atom is 0.247 e. The standard InChI is InChI=1S/C16H25N3O/c1-15(2,3)19-12-6-9-16(19,14(20)18(4)5)13-7-10-17-11-8-13/h7-8,10-11H,6,9,12H2,1-5H3. The van der Waals surface area contributed by atoms with E-state index in [1.165, 1.54) is 0 Å². The molecule has 0 bridgehead atoms. The molecule has 4 heteroatoms. The van der Waals surface area contributed by atoms with Gasteiger partial charge in [0.25, 0.3) is 0 Å². The fourth-order valence-electron chi connectivity index (χ4n) is 3.37. The number of carbonyl (C=O) groups is 1. The van der Waals surface area contributed by atoms with E-state index in [2.05, 4.69) is 30.7 Å². The quantitative estimate of drug-likeness (QED) is 0.830. The zero-order chi connectivity index (χ0) is 15.0. The monoisotopic (exact) mass is 275 g/mol. The summed E-state index contributed by atoms with van der Waals surface area (Å²) in [5.41, 5.74) is 0.453. The molecule has 1 amide bonds. The van der Waals surface area contributed by atoms with E-state index in [0.717, 1.165) is 24.9 Å². The van der Waals surface area contributed by atoms with Gasteiger partial charge in [0.1, 0.15) is 5.54 Å². The van der Waals surface area contributed by atoms with Crippen molar-refractivity contribution in [2.24, 2.45) is 0 Å². The smallest absolute Gasteiger partial charge is 0.247 e. The Bertz CT molecular complexity index is 478. The Morgan fingerprint density at radius 2 is 1.90 bits per heavy atom. The van der Waals surface area contributed by atoms with Crippen LogP contribution in [0.3, 0.4) is 0 Å². The van der Waals surface area contributed by atoms with Crippen molar-refractivity contribution in [1.29, 1.82) is 0 Å². The Balaban J connectivity index is 2.59. The molecule has 0 saturated carbocycles. The first-order valence-electron chi connectivity index (χ1n) is 7.20. The highest BCUT2D eigenvalue weighted by atomic mass is 16.2. The van der Waals surface area contributed by atoms with Crippen molar-refractivity contribution in [2.75, 3.05) is 20.6 Å². The minimum absolute atomic E-state index is 0.0502. The summed E-state index contributed by atoms with van der Waals surface area (Å²) in [7, 11) is 3.68. The number of likely N-dealkylation sites (tertiary alicyclic amines) is 1. The van der Waals surface area contributed by atoms with Crippen LogP contribution in [0, 0.1) is 0 Å². The number of aromatic nitrogens is 1. The van der Waals surface area contributed by atoms with Crippen molar-refractivity contribution in [3.8, 4) is 0 Å². The molecule has 1 atom stereocenters. The number of carbonyl (C=O) groups excluding carboxylic acids is 1. The molecule has 1 aromatic heterocycles. The molecule has 1 aromatic rings. The zero-order valence-electron chi connectivity index (χ0n) is 13.2. The number of amides is 1. The predicted molar refractivity (Wildman–Crippen MR) is 80.3 cm³/mol. The van der Waals surface area contributed by atoms with Crippen molar-refractivity contribution in [3.63, 3.8) is 0 Å². The minimum atomic E-state index is -0.551. The van der Waals surface area contributed by atoms with Crippen LogP contribution in [0.2, 0.25) is 0 Å². The Morgan fingerprint density at radius 3 is 2.40 bits per heavy atom. The molecule has 0 spiro atoms. The third-order valence-electron chi connectivity index (χ3n) is 4.11. The Kier molecular flexibility index (Phi) is 3.87. The van der Waals surface area contributed by atoms with E-state index >= 15 is 0 Å². The van der Waals surface area contributed by atoms with Crippen LogP contribution in [-0.2, 0) is 10.3 Å². The maximum atomic E-state index is 13.0. The van der Waals surface area contributed by atoms with Gasteiger partial charge in [-0.3, -0.25) is 14.7 Å². The number of nitrogens with zero attached hydrogens (tertiary/aromatic N) is 3. The molecule has 2 rings (SSSR count). The first-order chi connectivity index (χ1) is 9.30. The Hall–Kier alpha value is -1.42. The lowest BCUT2D eigenvalue weighted by Gasteiger charge is -2.46. The fraction of sp³-hybridized carbons (Fsp3) is 0.625. The first-order valence-corrected chi connectivity index (χ1v) is 7.20. The van der Waals surface area contributed by atoms with Gasteiger partial charge < -0.3 is 4.90 Å². The molecule has 0 radical (unpaired) electrons. The van der Waals surface area contributed by atoms with E-state index in [4.69, 9.17) is 0 Å². The van der Waals surface area contributed by atoms with Crippen LogP contribution in [0.5, 0.6) is 0 Å². The van der Waals surface area contributed by atoms with Gasteiger partial charge in [0, 0.05) is 38.6 Å². The van der Waals surface area contributed by atoms with E-state index in [1.54, 1.807) is 17.3 Å². The Morgan fingerprint density at radius 1 is 1.30 bits per heavy atom. The van der Waals surface area contributed by atoms with E-state index in [-0.39, 0.29) is 11.4 Å². The molecule has 110 valence electrons. The lowest BCUT2D eigenvalue weighted by Crippen LogP contribution is -2.58. The topological polar surface area (TPSA) is 36.4 Å². The molecule has 0 aromatic carbocycles. The van der Waals surface area contributed by atoms with E-state index in [1.807, 2.05) is 26.2 Å². The summed E-state index contributed by atoms with van der Waals surface area (Å²) in [6.07, 6.45) is 5.46. The molecule has 1 fully saturated rings. The molecule has 2 heterocycles. The van der Waals surface area contributed by atoms with Crippen LogP contribution < -0.4 is 0 Å². The van der Waals surface area contributed by atoms with Crippen molar-refractivity contribution >= 4 is 5.91 Å². The van der Waals surface area contributed by atoms with Gasteiger partial charge in [0.15, 0.2) is 0 Å². The normalized spacial score (nSPS) is 23.9. The zero-order valence-corrected chi connectivity index (χ0v) is 13.2. The fourth-order valence-corrected chi connectivity index (χ4v) is 3.37. The van der Waals surface area contributed by atoms with Crippen LogP contribution in [0.25, 0.3) is 0 Å². The number of likely N-dealkylation sites (N-methyl/N-ethyl adjacent to an activating group) is 1. The van der Waals surface area contributed by atoms with Gasteiger partial charge >= 0.3 is 0 Å². The number of hydrogen-bond acceptors (Lipinski definition) is 3. The van der Waals surface area contributed by atoms with Crippen LogP contribution in [0.1, 0.15) is 39.2 Å². The van der Waals surface area contributed by atoms with Crippen LogP contribution in [0.4, 0.5) is 0 Å². The van der Waals surface area contributed by atoms with Gasteiger partial charge in [-0.05, 0) is 51.3 Å². The number of rotatable bonds is 2. The minimum Gasteiger partial charge on any atom is -0.347 e. The van der Waals surface area contributed by atoms with Gasteiger partial charge in [-0.1, -0.05) is 0 Å². The molecular weight excluding hydrogens is 250 g/mol. The SMILES string of the molecule is CN(C)C(=O)C1(c2ccncc2)CCCN1C(C)(C)C. The van der Waals surface area contributed by atoms with Crippen LogP contribution >= 0.6 is 0 Å². The largest absolute Gasteiger partial charge is 0.347 e. The van der Waals surface area contributed by atoms with E-state index in [9.17, 15) is 4.79 Å². The second-order valence-electron chi connectivity index (χ2n) is 6.72. The summed E-state index contributed by atoms with van der Waals surface area (Å²) in [6.45, 7) is 7.48. The van der Waals surface area contributed by atoms with Gasteiger partial charge in [0.2, 0.25) is 5.91 Å². The molecule has 4 nitrogen and oxygen atoms in total. The van der Waals surface area contributed by atoms with Crippen molar-refractivity contribution in [3.05, 3.63) is 30.1 Å². The van der Waals surface area contributed by atoms with Crippen molar-refractivity contribution in [1.82, 2.24) is 14.8 Å². The predicted octanol–water partition coefficient (Wildman–Crippen LogP) is 2.26. The van der Waals surface area contributed by atoms with Gasteiger partial charge in [-0.2, -0.15) is 0 Å². The highest BCUT2D eigenvalue weighted by Crippen LogP contribution is 2.44. The number of hydrogen-bond donors (Lipinski definition) is 0. The molecule has 20 heavy (non-hydrogen) atoms. The van der Waals surface area contributed by atoms with Crippen molar-refractivity contribution < 1.29 is 4.79 Å². The third kappa shape index (κ3) is 2.33. The summed E-state index contributed by atoms with van der Waals surface area (Å²) in [6, 6.07) is 3.96. The molecule has 1 saturated heterocycles. The number of pyridine rings is 1. The summed E-state index contributed by atoms with van der Waals surface area (Å²) in [4.78, 5) is 21.1. The first kappa shape index (κ1) is 15.0. The van der Waals surface area contributed by atoms with Crippen LogP contribution in [-0.4, -0.2) is 46.9 Å². The molecular formula is C16H25N3O. The van der Waals surface area contributed by atoms with Gasteiger partial charge in [0.05, 0.1) is 0 Å². The molecule has 1 aliphatic rings. The van der Waals surface area contributed by atoms with Gasteiger partial charge in [-0.25, -0.2) is 0 Å². The molecule has 1 unspecified atom stereocenters. The summed E-state index contributed by atoms with van der Waals surface area (Å²) >= 11 is 0. The summed E-state index contributed by atoms with van der Waals surface area (Å²) in [5, 5.41) is 0. The Labute approximate surface area is 121 Å². The van der Waals surface area contributed by atoms with Gasteiger partial charge in [-0.15, -0.1) is 0 Å². The lowest BCUT2D eigenvalue weighted by molar-refractivity contribution is -0.144. The summed E-state index contributed by atoms with van der Waals surface area (Å²) < 4.78 is 0. The summed E-state index contributed by atoms with van der Waals surface area (Å²) in [5.74, 6) is 0.163. The second-order valence-corrected chi connectivity index (χ2v) is 6.72. The average molecular weight is 275 g/mol. The highest BCUT2D eigenvalue weighted by Gasteiger charge is 2.52. The van der Waals surface area contributed by atoms with E-state index < -0.39 is 5.54 Å².